The van der Waals surface area contributed by atoms with Crippen LogP contribution in [0, 0.1) is 6.92 Å². The van der Waals surface area contributed by atoms with Crippen LogP contribution in [0.5, 0.6) is 0 Å². The summed E-state index contributed by atoms with van der Waals surface area (Å²) < 4.78 is 52.1. The van der Waals surface area contributed by atoms with Gasteiger partial charge in [0.05, 0.1) is 25.2 Å². The smallest absolute Gasteiger partial charge is 0.356 e. The number of hydrogen-bond donors (Lipinski definition) is 3. The minimum atomic E-state index is -4.47. The second-order valence-electron chi connectivity index (χ2n) is 9.41. The highest BCUT2D eigenvalue weighted by Gasteiger charge is 2.43. The van der Waals surface area contributed by atoms with Crippen molar-refractivity contribution in [1.82, 2.24) is 24.8 Å². The van der Waals surface area contributed by atoms with Crippen molar-refractivity contribution in [3.05, 3.63) is 18.3 Å². The van der Waals surface area contributed by atoms with Gasteiger partial charge in [-0.05, 0) is 26.2 Å². The van der Waals surface area contributed by atoms with Crippen LogP contribution in [-0.4, -0.2) is 74.3 Å². The molecule has 0 aromatic carbocycles. The monoisotopic (exact) mass is 607 g/mol. The molecule has 226 valence electrons. The van der Waals surface area contributed by atoms with Crippen molar-refractivity contribution in [3.8, 4) is 0 Å². The molecule has 2 aromatic heterocycles. The molecule has 1 aliphatic rings. The van der Waals surface area contributed by atoms with Crippen molar-refractivity contribution in [2.45, 2.75) is 83.6 Å². The van der Waals surface area contributed by atoms with Crippen LogP contribution in [0.3, 0.4) is 0 Å². The zero-order valence-electron chi connectivity index (χ0n) is 23.0. The lowest BCUT2D eigenvalue weighted by Crippen LogP contribution is -2.28. The fourth-order valence-corrected chi connectivity index (χ4v) is 5.59. The normalized spacial score (nSPS) is 22.3. The third-order valence-electron chi connectivity index (χ3n) is 6.34. The molecule has 0 bridgehead atoms. The van der Waals surface area contributed by atoms with E-state index in [1.165, 1.54) is 12.7 Å². The number of ether oxygens (including phenoxy) is 1. The number of hydrogen-bond acceptors (Lipinski definition) is 11. The molecule has 0 spiro atoms. The van der Waals surface area contributed by atoms with Crippen molar-refractivity contribution in [2.75, 3.05) is 26.9 Å². The SMILES string of the molecule is CCCCCCC(=O)NCCCCOP(=O)(O)OC[C@H]1O[C@@H](n2cnc3c(C)ncnc32)C[C@@H]1OP(=O)(O)OC. The molecule has 2 aromatic rings. The van der Waals surface area contributed by atoms with E-state index in [0.29, 0.717) is 42.7 Å². The Bertz CT molecular complexity index is 1200. The fourth-order valence-electron chi connectivity index (χ4n) is 4.17. The molecule has 1 amide bonds. The molecule has 0 aliphatic carbocycles. The lowest BCUT2D eigenvalue weighted by atomic mass is 10.1. The number of carbonyl (C=O) groups excluding carboxylic acids is 1. The summed E-state index contributed by atoms with van der Waals surface area (Å²) in [5, 5.41) is 2.82. The first-order valence-electron chi connectivity index (χ1n) is 13.3. The zero-order valence-corrected chi connectivity index (χ0v) is 24.8. The molecule has 3 heterocycles. The topological polar surface area (TPSA) is 193 Å². The van der Waals surface area contributed by atoms with Gasteiger partial charge in [0.25, 0.3) is 0 Å². The molecule has 1 saturated heterocycles. The van der Waals surface area contributed by atoms with E-state index in [-0.39, 0.29) is 18.9 Å². The molecular formula is C23H39N5O10P2. The van der Waals surface area contributed by atoms with Crippen molar-refractivity contribution in [2.24, 2.45) is 0 Å². The Kier molecular flexibility index (Phi) is 12.6. The predicted octanol–water partition coefficient (Wildman–Crippen LogP) is 3.55. The summed E-state index contributed by atoms with van der Waals surface area (Å²) in [6.07, 6.45) is 5.80. The van der Waals surface area contributed by atoms with Crippen LogP contribution in [0.15, 0.2) is 12.7 Å². The molecule has 0 saturated carbocycles. The van der Waals surface area contributed by atoms with E-state index < -0.39 is 40.7 Å². The summed E-state index contributed by atoms with van der Waals surface area (Å²) >= 11 is 0. The molecular weight excluding hydrogens is 568 g/mol. The van der Waals surface area contributed by atoms with E-state index in [1.807, 2.05) is 0 Å². The number of aryl methyl sites for hydroxylation is 1. The highest BCUT2D eigenvalue weighted by Crippen LogP contribution is 2.49. The standard InChI is InChI=1S/C23H39N5O10P2/c1-4-5-6-7-10-20(29)24-11-8-9-12-35-40(32,33)36-14-19-18(38-39(30,31)34-3)13-21(37-19)28-16-27-22-17(2)25-15-26-23(22)28/h15-16,18-19,21H,4-14H2,1-3H3,(H,24,29)(H,30,31)(H,32,33)/t18-,19+,21+/m0/s1. The van der Waals surface area contributed by atoms with Crippen LogP contribution in [0.1, 0.15) is 70.2 Å². The number of unbranched alkanes of at least 4 members (excludes halogenated alkanes) is 4. The Morgan fingerprint density at radius 3 is 2.67 bits per heavy atom. The molecule has 5 atom stereocenters. The van der Waals surface area contributed by atoms with Gasteiger partial charge >= 0.3 is 15.6 Å². The highest BCUT2D eigenvalue weighted by atomic mass is 31.2. The van der Waals surface area contributed by atoms with Gasteiger partial charge in [-0.1, -0.05) is 26.2 Å². The summed E-state index contributed by atoms with van der Waals surface area (Å²) in [4.78, 5) is 44.4. The Morgan fingerprint density at radius 1 is 1.12 bits per heavy atom. The maximum absolute atomic E-state index is 12.4. The van der Waals surface area contributed by atoms with Crippen molar-refractivity contribution in [1.29, 1.82) is 0 Å². The Hall–Kier alpha value is -1.80. The maximum Gasteiger partial charge on any atom is 0.472 e. The van der Waals surface area contributed by atoms with Crippen LogP contribution in [0.25, 0.3) is 11.2 Å². The van der Waals surface area contributed by atoms with Gasteiger partial charge in [-0.15, -0.1) is 0 Å². The maximum atomic E-state index is 12.4. The second kappa shape index (κ2) is 15.4. The Balaban J connectivity index is 1.48. The fraction of sp³-hybridized carbons (Fsp3) is 0.739. The molecule has 15 nitrogen and oxygen atoms in total. The van der Waals surface area contributed by atoms with Gasteiger partial charge in [-0.25, -0.2) is 24.1 Å². The first kappa shape index (κ1) is 32.7. The molecule has 0 radical (unpaired) electrons. The number of aromatic nitrogens is 4. The summed E-state index contributed by atoms with van der Waals surface area (Å²) in [7, 11) is -7.85. The average molecular weight is 608 g/mol. The number of nitrogens with one attached hydrogen (secondary N) is 1. The number of nitrogens with zero attached hydrogens (tertiary/aromatic N) is 4. The van der Waals surface area contributed by atoms with Gasteiger partial charge < -0.3 is 19.8 Å². The lowest BCUT2D eigenvalue weighted by Gasteiger charge is -2.21. The average Bonchev–Trinajstić information content (AvgIpc) is 3.52. The number of rotatable bonds is 18. The minimum Gasteiger partial charge on any atom is -0.356 e. The predicted molar refractivity (Wildman–Crippen MR) is 143 cm³/mol. The highest BCUT2D eigenvalue weighted by molar-refractivity contribution is 7.47. The molecule has 2 unspecified atom stereocenters. The van der Waals surface area contributed by atoms with E-state index in [1.54, 1.807) is 11.5 Å². The number of fused-ring (bicyclic) bond motifs is 1. The van der Waals surface area contributed by atoms with E-state index in [4.69, 9.17) is 18.3 Å². The van der Waals surface area contributed by atoms with E-state index in [2.05, 4.69) is 31.7 Å². The number of amides is 1. The molecule has 17 heteroatoms. The molecule has 3 N–H and O–H groups in total. The van der Waals surface area contributed by atoms with Gasteiger partial charge in [0.15, 0.2) is 5.65 Å². The van der Waals surface area contributed by atoms with Gasteiger partial charge in [-0.2, -0.15) is 0 Å². The van der Waals surface area contributed by atoms with Gasteiger partial charge in [-0.3, -0.25) is 27.5 Å². The summed E-state index contributed by atoms with van der Waals surface area (Å²) in [5.74, 6) is -0.00741. The summed E-state index contributed by atoms with van der Waals surface area (Å²) in [6, 6.07) is 0. The third-order valence-corrected chi connectivity index (χ3v) is 8.32. The third kappa shape index (κ3) is 9.93. The summed E-state index contributed by atoms with van der Waals surface area (Å²) in [6.45, 7) is 3.81. The van der Waals surface area contributed by atoms with E-state index in [0.717, 1.165) is 32.8 Å². The van der Waals surface area contributed by atoms with Gasteiger partial charge in [0, 0.05) is 26.5 Å². The molecule has 40 heavy (non-hydrogen) atoms. The van der Waals surface area contributed by atoms with Crippen molar-refractivity contribution < 1.29 is 46.5 Å². The van der Waals surface area contributed by atoms with Gasteiger partial charge in [0.1, 0.15) is 30.3 Å². The van der Waals surface area contributed by atoms with E-state index >= 15 is 0 Å². The quantitative estimate of drug-likeness (QED) is 0.165. The Morgan fingerprint density at radius 2 is 1.93 bits per heavy atom. The van der Waals surface area contributed by atoms with Gasteiger partial charge in [0.2, 0.25) is 5.91 Å². The molecule has 3 rings (SSSR count). The van der Waals surface area contributed by atoms with Crippen LogP contribution < -0.4 is 5.32 Å². The first-order chi connectivity index (χ1) is 19.0. The largest absolute Gasteiger partial charge is 0.472 e. The minimum absolute atomic E-state index is 0.00741. The van der Waals surface area contributed by atoms with Crippen LogP contribution in [0.4, 0.5) is 0 Å². The van der Waals surface area contributed by atoms with Crippen molar-refractivity contribution >= 4 is 32.7 Å². The zero-order chi connectivity index (χ0) is 29.2. The van der Waals surface area contributed by atoms with E-state index in [9.17, 15) is 23.7 Å². The van der Waals surface area contributed by atoms with Crippen molar-refractivity contribution in [3.63, 3.8) is 0 Å². The lowest BCUT2D eigenvalue weighted by molar-refractivity contribution is -0.121. The molecule has 1 fully saturated rings. The number of phosphoric ester groups is 2. The second-order valence-corrected chi connectivity index (χ2v) is 12.4. The number of carbonyl (C=O) groups is 1. The van der Waals surface area contributed by atoms with Crippen LogP contribution in [0.2, 0.25) is 0 Å². The molecule has 1 aliphatic heterocycles. The summed E-state index contributed by atoms with van der Waals surface area (Å²) in [5.41, 5.74) is 1.71. The first-order valence-corrected chi connectivity index (χ1v) is 16.3. The van der Waals surface area contributed by atoms with Crippen LogP contribution in [-0.2, 0) is 36.8 Å². The number of phosphoric acid groups is 2. The Labute approximate surface area is 233 Å². The number of imidazole rings is 1. The van der Waals surface area contributed by atoms with Crippen LogP contribution >= 0.6 is 15.6 Å².